The van der Waals surface area contributed by atoms with Crippen LogP contribution in [-0.2, 0) is 16.0 Å². The first-order valence-electron chi connectivity index (χ1n) is 9.42. The standard InChI is InChI=1S/C22H26N2O3/c1-15(2)21(25)23-18-11-12-20-19(14-18)24(22(26)16(3)27-20)13-7-10-17-8-5-4-6-9-17/h4-6,8-9,11-12,14-16H,7,10,13H2,1-3H3,(H,23,25). The Bertz CT molecular complexity index is 818. The number of amides is 2. The van der Waals surface area contributed by atoms with E-state index in [2.05, 4.69) is 17.4 Å². The van der Waals surface area contributed by atoms with Crippen molar-refractivity contribution in [3.8, 4) is 5.75 Å². The predicted octanol–water partition coefficient (Wildman–Crippen LogP) is 4.03. The van der Waals surface area contributed by atoms with Crippen molar-refractivity contribution >= 4 is 23.2 Å². The molecule has 1 N–H and O–H groups in total. The van der Waals surface area contributed by atoms with E-state index >= 15 is 0 Å². The average molecular weight is 366 g/mol. The van der Waals surface area contributed by atoms with Gasteiger partial charge in [-0.2, -0.15) is 0 Å². The van der Waals surface area contributed by atoms with E-state index in [0.29, 0.717) is 23.7 Å². The maximum atomic E-state index is 12.7. The first-order chi connectivity index (χ1) is 13.0. The summed E-state index contributed by atoms with van der Waals surface area (Å²) in [6.45, 7) is 6.07. The first kappa shape index (κ1) is 19.0. The molecule has 0 aliphatic carbocycles. The van der Waals surface area contributed by atoms with Gasteiger partial charge in [0.15, 0.2) is 6.10 Å². The third kappa shape index (κ3) is 4.48. The molecule has 5 heteroatoms. The molecule has 1 aliphatic heterocycles. The number of hydrogen-bond acceptors (Lipinski definition) is 3. The van der Waals surface area contributed by atoms with Crippen molar-refractivity contribution in [2.45, 2.75) is 39.7 Å². The number of anilines is 2. The lowest BCUT2D eigenvalue weighted by molar-refractivity contribution is -0.125. The van der Waals surface area contributed by atoms with Crippen molar-refractivity contribution in [3.05, 3.63) is 54.1 Å². The average Bonchev–Trinajstić information content (AvgIpc) is 2.66. The van der Waals surface area contributed by atoms with Crippen LogP contribution in [0.3, 0.4) is 0 Å². The highest BCUT2D eigenvalue weighted by Gasteiger charge is 2.31. The number of fused-ring (bicyclic) bond motifs is 1. The Balaban J connectivity index is 1.77. The Kier molecular flexibility index (Phi) is 5.79. The van der Waals surface area contributed by atoms with Gasteiger partial charge in [0.05, 0.1) is 5.69 Å². The number of benzene rings is 2. The monoisotopic (exact) mass is 366 g/mol. The molecule has 1 heterocycles. The number of carbonyl (C=O) groups excluding carboxylic acids is 2. The van der Waals surface area contributed by atoms with Gasteiger partial charge in [-0.05, 0) is 43.5 Å². The molecule has 3 rings (SSSR count). The molecule has 0 spiro atoms. The van der Waals surface area contributed by atoms with E-state index in [1.165, 1.54) is 5.56 Å². The van der Waals surface area contributed by atoms with Crippen LogP contribution in [0.5, 0.6) is 5.75 Å². The predicted molar refractivity (Wildman–Crippen MR) is 107 cm³/mol. The molecule has 0 saturated carbocycles. The minimum absolute atomic E-state index is 0.0529. The fraction of sp³-hybridized carbons (Fsp3) is 0.364. The molecular weight excluding hydrogens is 340 g/mol. The molecule has 0 saturated heterocycles. The first-order valence-corrected chi connectivity index (χ1v) is 9.42. The van der Waals surface area contributed by atoms with Crippen molar-refractivity contribution in [2.24, 2.45) is 5.92 Å². The molecule has 142 valence electrons. The summed E-state index contributed by atoms with van der Waals surface area (Å²) in [6, 6.07) is 15.7. The van der Waals surface area contributed by atoms with Crippen LogP contribution in [0.1, 0.15) is 32.8 Å². The Hall–Kier alpha value is -2.82. The Morgan fingerprint density at radius 1 is 1.19 bits per heavy atom. The summed E-state index contributed by atoms with van der Waals surface area (Å²) in [4.78, 5) is 26.4. The molecule has 1 aliphatic rings. The molecule has 1 atom stereocenters. The fourth-order valence-corrected chi connectivity index (χ4v) is 3.09. The Labute approximate surface area is 160 Å². The second-order valence-electron chi connectivity index (χ2n) is 7.17. The topological polar surface area (TPSA) is 58.6 Å². The molecule has 0 radical (unpaired) electrons. The number of aryl methyl sites for hydroxylation is 1. The van der Waals surface area contributed by atoms with Crippen molar-refractivity contribution in [1.82, 2.24) is 0 Å². The molecule has 1 unspecified atom stereocenters. The van der Waals surface area contributed by atoms with Crippen LogP contribution in [0.2, 0.25) is 0 Å². The van der Waals surface area contributed by atoms with E-state index in [9.17, 15) is 9.59 Å². The number of nitrogens with one attached hydrogen (secondary N) is 1. The summed E-state index contributed by atoms with van der Waals surface area (Å²) in [5.41, 5.74) is 2.64. The summed E-state index contributed by atoms with van der Waals surface area (Å²) in [6.07, 6.45) is 1.24. The third-order valence-corrected chi connectivity index (χ3v) is 4.65. The molecule has 0 fully saturated rings. The summed E-state index contributed by atoms with van der Waals surface area (Å²) >= 11 is 0. The van der Waals surface area contributed by atoms with Crippen LogP contribution in [0.25, 0.3) is 0 Å². The lowest BCUT2D eigenvalue weighted by Crippen LogP contribution is -2.45. The molecule has 2 amide bonds. The van der Waals surface area contributed by atoms with E-state index in [4.69, 9.17) is 4.74 Å². The number of ether oxygens (including phenoxy) is 1. The van der Waals surface area contributed by atoms with Crippen molar-refractivity contribution in [3.63, 3.8) is 0 Å². The molecule has 2 aromatic rings. The molecule has 0 bridgehead atoms. The zero-order valence-corrected chi connectivity index (χ0v) is 16.1. The number of hydrogen-bond donors (Lipinski definition) is 1. The van der Waals surface area contributed by atoms with Gasteiger partial charge >= 0.3 is 0 Å². The van der Waals surface area contributed by atoms with Crippen LogP contribution in [0, 0.1) is 5.92 Å². The van der Waals surface area contributed by atoms with Crippen molar-refractivity contribution in [1.29, 1.82) is 0 Å². The lowest BCUT2D eigenvalue weighted by Gasteiger charge is -2.33. The van der Waals surface area contributed by atoms with Gasteiger partial charge in [0.25, 0.3) is 5.91 Å². The minimum atomic E-state index is -0.509. The summed E-state index contributed by atoms with van der Waals surface area (Å²) < 4.78 is 5.74. The number of carbonyl (C=O) groups is 2. The summed E-state index contributed by atoms with van der Waals surface area (Å²) in [5, 5.41) is 2.89. The summed E-state index contributed by atoms with van der Waals surface area (Å²) in [7, 11) is 0. The molecular formula is C22H26N2O3. The lowest BCUT2D eigenvalue weighted by atomic mass is 10.1. The van der Waals surface area contributed by atoms with Crippen molar-refractivity contribution < 1.29 is 14.3 Å². The number of nitrogens with zero attached hydrogens (tertiary/aromatic N) is 1. The second-order valence-corrected chi connectivity index (χ2v) is 7.17. The Morgan fingerprint density at radius 2 is 1.93 bits per heavy atom. The second kappa shape index (κ2) is 8.25. The van der Waals surface area contributed by atoms with E-state index in [1.807, 2.05) is 50.2 Å². The molecule has 5 nitrogen and oxygen atoms in total. The van der Waals surface area contributed by atoms with E-state index in [1.54, 1.807) is 11.8 Å². The highest BCUT2D eigenvalue weighted by molar-refractivity contribution is 6.01. The maximum Gasteiger partial charge on any atom is 0.267 e. The zero-order valence-electron chi connectivity index (χ0n) is 16.1. The van der Waals surface area contributed by atoms with Gasteiger partial charge in [0.2, 0.25) is 5.91 Å². The normalized spacial score (nSPS) is 16.1. The summed E-state index contributed by atoms with van der Waals surface area (Å²) in [5.74, 6) is 0.454. The van der Waals surface area contributed by atoms with Gasteiger partial charge < -0.3 is 15.0 Å². The van der Waals surface area contributed by atoms with Gasteiger partial charge in [-0.15, -0.1) is 0 Å². The number of rotatable bonds is 6. The third-order valence-electron chi connectivity index (χ3n) is 4.65. The minimum Gasteiger partial charge on any atom is -0.479 e. The molecule has 0 aromatic heterocycles. The van der Waals surface area contributed by atoms with Crippen LogP contribution < -0.4 is 15.0 Å². The van der Waals surface area contributed by atoms with Gasteiger partial charge in [-0.1, -0.05) is 44.2 Å². The molecule has 27 heavy (non-hydrogen) atoms. The van der Waals surface area contributed by atoms with Crippen LogP contribution in [0.15, 0.2) is 48.5 Å². The van der Waals surface area contributed by atoms with Crippen LogP contribution >= 0.6 is 0 Å². The zero-order chi connectivity index (χ0) is 19.4. The van der Waals surface area contributed by atoms with Crippen LogP contribution in [0.4, 0.5) is 11.4 Å². The highest BCUT2D eigenvalue weighted by atomic mass is 16.5. The SMILES string of the molecule is CC(C)C(=O)Nc1ccc2c(c1)N(CCCc1ccccc1)C(=O)C(C)O2. The van der Waals surface area contributed by atoms with Gasteiger partial charge in [0.1, 0.15) is 5.75 Å². The smallest absolute Gasteiger partial charge is 0.267 e. The van der Waals surface area contributed by atoms with Crippen LogP contribution in [-0.4, -0.2) is 24.5 Å². The highest BCUT2D eigenvalue weighted by Crippen LogP contribution is 2.36. The van der Waals surface area contributed by atoms with E-state index in [0.717, 1.165) is 12.8 Å². The van der Waals surface area contributed by atoms with Gasteiger partial charge in [-0.3, -0.25) is 9.59 Å². The molecule has 2 aromatic carbocycles. The van der Waals surface area contributed by atoms with E-state index < -0.39 is 6.10 Å². The quantitative estimate of drug-likeness (QED) is 0.840. The Morgan fingerprint density at radius 3 is 2.63 bits per heavy atom. The van der Waals surface area contributed by atoms with E-state index in [-0.39, 0.29) is 17.7 Å². The maximum absolute atomic E-state index is 12.7. The fourth-order valence-electron chi connectivity index (χ4n) is 3.09. The van der Waals surface area contributed by atoms with Crippen molar-refractivity contribution in [2.75, 3.05) is 16.8 Å². The van der Waals surface area contributed by atoms with Gasteiger partial charge in [-0.25, -0.2) is 0 Å². The largest absolute Gasteiger partial charge is 0.479 e. The van der Waals surface area contributed by atoms with Gasteiger partial charge in [0, 0.05) is 18.2 Å².